The molecule has 1 aromatic carbocycles. The van der Waals surface area contributed by atoms with Crippen molar-refractivity contribution in [3.05, 3.63) is 30.0 Å². The lowest BCUT2D eigenvalue weighted by Gasteiger charge is -2.16. The summed E-state index contributed by atoms with van der Waals surface area (Å²) in [6.45, 7) is 3.46. The highest BCUT2D eigenvalue weighted by atomic mass is 16.5. The average molecular weight is 244 g/mol. The minimum Gasteiger partial charge on any atom is -0.496 e. The Hall–Kier alpha value is -2.10. The van der Waals surface area contributed by atoms with Gasteiger partial charge in [0.1, 0.15) is 5.75 Å². The molecule has 4 heteroatoms. The van der Waals surface area contributed by atoms with Gasteiger partial charge >= 0.3 is 0 Å². The molecular formula is C14H16N2O2. The summed E-state index contributed by atoms with van der Waals surface area (Å²) in [5.74, 6) is 0.768. The maximum atomic E-state index is 11.4. The second-order valence-corrected chi connectivity index (χ2v) is 4.25. The molecule has 2 rings (SSSR count). The van der Waals surface area contributed by atoms with Crippen LogP contribution in [0.1, 0.15) is 12.6 Å². The van der Waals surface area contributed by atoms with Crippen LogP contribution < -0.4 is 9.64 Å². The zero-order valence-electron chi connectivity index (χ0n) is 11.0. The van der Waals surface area contributed by atoms with Crippen LogP contribution in [0, 0.1) is 6.92 Å². The average Bonchev–Trinajstić information content (AvgIpc) is 2.36. The molecule has 0 unspecified atom stereocenters. The van der Waals surface area contributed by atoms with Crippen LogP contribution >= 0.6 is 0 Å². The topological polar surface area (TPSA) is 42.4 Å². The van der Waals surface area contributed by atoms with E-state index >= 15 is 0 Å². The normalized spacial score (nSPS) is 10.4. The molecule has 94 valence electrons. The van der Waals surface area contributed by atoms with Crippen molar-refractivity contribution in [3.63, 3.8) is 0 Å². The van der Waals surface area contributed by atoms with Crippen molar-refractivity contribution in [2.24, 2.45) is 0 Å². The summed E-state index contributed by atoms with van der Waals surface area (Å²) in [5.41, 5.74) is 2.61. The number of carbonyl (C=O) groups excluding carboxylic acids is 1. The fourth-order valence-corrected chi connectivity index (χ4v) is 1.87. The van der Waals surface area contributed by atoms with Crippen molar-refractivity contribution in [2.45, 2.75) is 13.8 Å². The third-order valence-corrected chi connectivity index (χ3v) is 2.96. The van der Waals surface area contributed by atoms with E-state index in [2.05, 4.69) is 4.98 Å². The summed E-state index contributed by atoms with van der Waals surface area (Å²) >= 11 is 0. The number of methoxy groups -OCH3 is 1. The Morgan fingerprint density at radius 1 is 1.33 bits per heavy atom. The molecule has 18 heavy (non-hydrogen) atoms. The SMILES string of the molecule is COc1cc(C)nc2ccc(N(C)C(C)=O)cc12. The number of fused-ring (bicyclic) bond motifs is 1. The first-order valence-electron chi connectivity index (χ1n) is 5.72. The van der Waals surface area contributed by atoms with Gasteiger partial charge in [0.05, 0.1) is 12.6 Å². The van der Waals surface area contributed by atoms with Crippen LogP contribution in [0.3, 0.4) is 0 Å². The minimum atomic E-state index is -0.00612. The van der Waals surface area contributed by atoms with Gasteiger partial charge in [-0.2, -0.15) is 0 Å². The molecule has 0 N–H and O–H groups in total. The summed E-state index contributed by atoms with van der Waals surface area (Å²) < 4.78 is 5.36. The number of anilines is 1. The molecule has 2 aromatic rings. The number of rotatable bonds is 2. The Morgan fingerprint density at radius 3 is 2.67 bits per heavy atom. The van der Waals surface area contributed by atoms with Crippen molar-refractivity contribution in [1.29, 1.82) is 0 Å². The van der Waals surface area contributed by atoms with Gasteiger partial charge in [-0.1, -0.05) is 0 Å². The fraction of sp³-hybridized carbons (Fsp3) is 0.286. The van der Waals surface area contributed by atoms with Gasteiger partial charge in [0.15, 0.2) is 0 Å². The molecule has 0 saturated heterocycles. The molecule has 0 bridgehead atoms. The second kappa shape index (κ2) is 4.64. The molecule has 1 heterocycles. The van der Waals surface area contributed by atoms with Crippen molar-refractivity contribution >= 4 is 22.5 Å². The number of ether oxygens (including phenoxy) is 1. The highest BCUT2D eigenvalue weighted by Crippen LogP contribution is 2.28. The first-order chi connectivity index (χ1) is 8.52. The van der Waals surface area contributed by atoms with Gasteiger partial charge in [0, 0.05) is 36.8 Å². The standard InChI is InChI=1S/C14H16N2O2/c1-9-7-14(18-4)12-8-11(16(3)10(2)17)5-6-13(12)15-9/h5-8H,1-4H3. The molecule has 0 radical (unpaired) electrons. The summed E-state index contributed by atoms with van der Waals surface area (Å²) in [6, 6.07) is 7.59. The van der Waals surface area contributed by atoms with E-state index in [1.807, 2.05) is 31.2 Å². The second-order valence-electron chi connectivity index (χ2n) is 4.25. The van der Waals surface area contributed by atoms with Gasteiger partial charge in [-0.05, 0) is 25.1 Å². The Bertz CT molecular complexity index is 608. The first-order valence-corrected chi connectivity index (χ1v) is 5.72. The lowest BCUT2D eigenvalue weighted by molar-refractivity contribution is -0.116. The Morgan fingerprint density at radius 2 is 2.06 bits per heavy atom. The predicted molar refractivity (Wildman–Crippen MR) is 72.1 cm³/mol. The van der Waals surface area contributed by atoms with E-state index in [1.165, 1.54) is 6.92 Å². The van der Waals surface area contributed by atoms with Crippen molar-refractivity contribution in [3.8, 4) is 5.75 Å². The van der Waals surface area contributed by atoms with Crippen LogP contribution in [0.25, 0.3) is 10.9 Å². The van der Waals surface area contributed by atoms with E-state index in [9.17, 15) is 4.79 Å². The highest BCUT2D eigenvalue weighted by Gasteiger charge is 2.09. The number of pyridine rings is 1. The third kappa shape index (κ3) is 2.14. The van der Waals surface area contributed by atoms with Gasteiger partial charge < -0.3 is 9.64 Å². The maximum Gasteiger partial charge on any atom is 0.223 e. The smallest absolute Gasteiger partial charge is 0.223 e. The molecule has 0 atom stereocenters. The number of hydrogen-bond donors (Lipinski definition) is 0. The number of carbonyl (C=O) groups is 1. The number of nitrogens with zero attached hydrogens (tertiary/aromatic N) is 2. The molecular weight excluding hydrogens is 228 g/mol. The molecule has 0 aliphatic heterocycles. The molecule has 0 aliphatic rings. The van der Waals surface area contributed by atoms with Gasteiger partial charge in [-0.25, -0.2) is 0 Å². The van der Waals surface area contributed by atoms with E-state index in [4.69, 9.17) is 4.74 Å². The summed E-state index contributed by atoms with van der Waals surface area (Å²) in [4.78, 5) is 17.4. The van der Waals surface area contributed by atoms with Crippen LogP contribution in [0.2, 0.25) is 0 Å². The van der Waals surface area contributed by atoms with Crippen molar-refractivity contribution in [1.82, 2.24) is 4.98 Å². The van der Waals surface area contributed by atoms with Gasteiger partial charge in [-0.3, -0.25) is 9.78 Å². The fourth-order valence-electron chi connectivity index (χ4n) is 1.87. The summed E-state index contributed by atoms with van der Waals surface area (Å²) in [7, 11) is 3.38. The molecule has 4 nitrogen and oxygen atoms in total. The quantitative estimate of drug-likeness (QED) is 0.815. The number of hydrogen-bond acceptors (Lipinski definition) is 3. The molecule has 0 aliphatic carbocycles. The molecule has 0 spiro atoms. The predicted octanol–water partition coefficient (Wildman–Crippen LogP) is 2.53. The summed E-state index contributed by atoms with van der Waals surface area (Å²) in [6.07, 6.45) is 0. The molecule has 1 aromatic heterocycles. The van der Waals surface area contributed by atoms with Crippen molar-refractivity contribution in [2.75, 3.05) is 19.1 Å². The van der Waals surface area contributed by atoms with E-state index in [0.717, 1.165) is 28.0 Å². The molecule has 1 amide bonds. The first kappa shape index (κ1) is 12.4. The lowest BCUT2D eigenvalue weighted by Crippen LogP contribution is -2.22. The summed E-state index contributed by atoms with van der Waals surface area (Å²) in [5, 5.41) is 0.911. The van der Waals surface area contributed by atoms with E-state index in [-0.39, 0.29) is 5.91 Å². The monoisotopic (exact) mass is 244 g/mol. The van der Waals surface area contributed by atoms with E-state index in [0.29, 0.717) is 0 Å². The zero-order valence-corrected chi connectivity index (χ0v) is 11.0. The largest absolute Gasteiger partial charge is 0.496 e. The number of amides is 1. The Labute approximate surface area is 106 Å². The van der Waals surface area contributed by atoms with Crippen LogP contribution in [-0.4, -0.2) is 25.0 Å². The maximum absolute atomic E-state index is 11.4. The third-order valence-electron chi connectivity index (χ3n) is 2.96. The van der Waals surface area contributed by atoms with E-state index in [1.54, 1.807) is 19.1 Å². The molecule has 0 fully saturated rings. The van der Waals surface area contributed by atoms with Gasteiger partial charge in [0.25, 0.3) is 0 Å². The van der Waals surface area contributed by atoms with Crippen molar-refractivity contribution < 1.29 is 9.53 Å². The number of benzene rings is 1. The van der Waals surface area contributed by atoms with Crippen LogP contribution in [0.15, 0.2) is 24.3 Å². The zero-order chi connectivity index (χ0) is 13.3. The number of aryl methyl sites for hydroxylation is 1. The number of aromatic nitrogens is 1. The molecule has 0 saturated carbocycles. The Kier molecular flexibility index (Phi) is 3.19. The highest BCUT2D eigenvalue weighted by molar-refractivity contribution is 5.95. The van der Waals surface area contributed by atoms with Gasteiger partial charge in [0.2, 0.25) is 5.91 Å². The Balaban J connectivity index is 2.63. The lowest BCUT2D eigenvalue weighted by atomic mass is 10.1. The van der Waals surface area contributed by atoms with Crippen LogP contribution in [-0.2, 0) is 4.79 Å². The van der Waals surface area contributed by atoms with Crippen LogP contribution in [0.5, 0.6) is 5.75 Å². The van der Waals surface area contributed by atoms with Gasteiger partial charge in [-0.15, -0.1) is 0 Å². The van der Waals surface area contributed by atoms with E-state index < -0.39 is 0 Å². The minimum absolute atomic E-state index is 0.00612. The van der Waals surface area contributed by atoms with Crippen LogP contribution in [0.4, 0.5) is 5.69 Å².